The molecule has 106 valence electrons. The molecule has 1 fully saturated rings. The third-order valence-electron chi connectivity index (χ3n) is 4.44. The highest BCUT2D eigenvalue weighted by Crippen LogP contribution is 2.34. The van der Waals surface area contributed by atoms with E-state index in [2.05, 4.69) is 26.1 Å². The number of hydrogen-bond acceptors (Lipinski definition) is 3. The van der Waals surface area contributed by atoms with E-state index < -0.39 is 0 Å². The van der Waals surface area contributed by atoms with Crippen molar-refractivity contribution < 1.29 is 0 Å². The van der Waals surface area contributed by atoms with Gasteiger partial charge in [0.2, 0.25) is 0 Å². The Hall–Kier alpha value is -0.960. The number of aryl methyl sites for hydroxylation is 2. The summed E-state index contributed by atoms with van der Waals surface area (Å²) in [6, 6.07) is 0. The van der Waals surface area contributed by atoms with Crippen molar-refractivity contribution in [3.8, 4) is 0 Å². The first-order valence-electron chi connectivity index (χ1n) is 7.60. The zero-order valence-electron chi connectivity index (χ0n) is 12.8. The predicted molar refractivity (Wildman–Crippen MR) is 79.5 cm³/mol. The Morgan fingerprint density at radius 3 is 2.16 bits per heavy atom. The van der Waals surface area contributed by atoms with Crippen molar-refractivity contribution in [3.05, 3.63) is 22.8 Å². The van der Waals surface area contributed by atoms with E-state index in [9.17, 15) is 0 Å². The largest absolute Gasteiger partial charge is 0.319 e. The molecular weight excluding hydrogens is 234 g/mol. The molecule has 1 aliphatic rings. The summed E-state index contributed by atoms with van der Waals surface area (Å²) < 4.78 is 0. The summed E-state index contributed by atoms with van der Waals surface area (Å²) in [5.74, 6) is 2.57. The SMILES string of the molecule is CNCCc1c(C)nc(C2CCC(C)CC2)nc1C. The lowest BCUT2D eigenvalue weighted by Gasteiger charge is -2.25. The third kappa shape index (κ3) is 3.53. The van der Waals surface area contributed by atoms with Gasteiger partial charge in [0.15, 0.2) is 0 Å². The first kappa shape index (κ1) is 14.4. The minimum Gasteiger partial charge on any atom is -0.319 e. The average molecular weight is 261 g/mol. The number of likely N-dealkylation sites (N-methyl/N-ethyl adjacent to an activating group) is 1. The van der Waals surface area contributed by atoms with Gasteiger partial charge in [-0.3, -0.25) is 0 Å². The number of nitrogens with zero attached hydrogens (tertiary/aromatic N) is 2. The molecule has 0 bridgehead atoms. The number of nitrogens with one attached hydrogen (secondary N) is 1. The molecule has 1 saturated carbocycles. The Bertz CT molecular complexity index is 397. The Kier molecular flexibility index (Phi) is 4.92. The van der Waals surface area contributed by atoms with E-state index in [1.165, 1.54) is 42.6 Å². The van der Waals surface area contributed by atoms with E-state index in [1.807, 2.05) is 7.05 Å². The van der Waals surface area contributed by atoms with E-state index >= 15 is 0 Å². The van der Waals surface area contributed by atoms with E-state index in [1.54, 1.807) is 0 Å². The lowest BCUT2D eigenvalue weighted by atomic mass is 9.82. The second kappa shape index (κ2) is 6.47. The van der Waals surface area contributed by atoms with E-state index in [0.717, 1.165) is 24.7 Å². The van der Waals surface area contributed by atoms with Crippen molar-refractivity contribution in [1.29, 1.82) is 0 Å². The van der Waals surface area contributed by atoms with Crippen molar-refractivity contribution in [3.63, 3.8) is 0 Å². The molecule has 0 spiro atoms. The van der Waals surface area contributed by atoms with Crippen LogP contribution in [0.3, 0.4) is 0 Å². The first-order valence-corrected chi connectivity index (χ1v) is 7.60. The van der Waals surface area contributed by atoms with Crippen LogP contribution in [0, 0.1) is 19.8 Å². The predicted octanol–water partition coefficient (Wildman–Crippen LogP) is 3.15. The molecule has 0 aromatic carbocycles. The molecule has 3 nitrogen and oxygen atoms in total. The van der Waals surface area contributed by atoms with Crippen molar-refractivity contribution in [1.82, 2.24) is 15.3 Å². The van der Waals surface area contributed by atoms with Crippen molar-refractivity contribution in [2.75, 3.05) is 13.6 Å². The van der Waals surface area contributed by atoms with Gasteiger partial charge >= 0.3 is 0 Å². The summed E-state index contributed by atoms with van der Waals surface area (Å²) >= 11 is 0. The molecule has 0 atom stereocenters. The van der Waals surface area contributed by atoms with Gasteiger partial charge < -0.3 is 5.32 Å². The summed E-state index contributed by atoms with van der Waals surface area (Å²) in [5, 5.41) is 3.20. The van der Waals surface area contributed by atoms with E-state index in [-0.39, 0.29) is 0 Å². The molecule has 0 aliphatic heterocycles. The van der Waals surface area contributed by atoms with Crippen molar-refractivity contribution in [2.24, 2.45) is 5.92 Å². The Labute approximate surface area is 117 Å². The summed E-state index contributed by atoms with van der Waals surface area (Å²) in [6.45, 7) is 7.61. The van der Waals surface area contributed by atoms with Crippen LogP contribution >= 0.6 is 0 Å². The summed E-state index contributed by atoms with van der Waals surface area (Å²) in [7, 11) is 1.99. The number of hydrogen-bond donors (Lipinski definition) is 1. The monoisotopic (exact) mass is 261 g/mol. The highest BCUT2D eigenvalue weighted by atomic mass is 14.9. The van der Waals surface area contributed by atoms with Gasteiger partial charge in [0, 0.05) is 17.3 Å². The van der Waals surface area contributed by atoms with Gasteiger partial charge in [0.05, 0.1) is 0 Å². The first-order chi connectivity index (χ1) is 9.11. The third-order valence-corrected chi connectivity index (χ3v) is 4.44. The Morgan fingerprint density at radius 1 is 1.05 bits per heavy atom. The molecule has 0 radical (unpaired) electrons. The minimum atomic E-state index is 0.590. The van der Waals surface area contributed by atoms with Gasteiger partial charge in [-0.25, -0.2) is 9.97 Å². The molecule has 0 amide bonds. The Morgan fingerprint density at radius 2 is 1.63 bits per heavy atom. The fourth-order valence-corrected chi connectivity index (χ4v) is 3.08. The van der Waals surface area contributed by atoms with Crippen LogP contribution in [0.25, 0.3) is 0 Å². The van der Waals surface area contributed by atoms with Gasteiger partial charge in [-0.2, -0.15) is 0 Å². The van der Waals surface area contributed by atoms with Crippen LogP contribution in [0.5, 0.6) is 0 Å². The van der Waals surface area contributed by atoms with Crippen LogP contribution in [0.15, 0.2) is 0 Å². The maximum absolute atomic E-state index is 4.80. The second-order valence-electron chi connectivity index (χ2n) is 6.04. The van der Waals surface area contributed by atoms with E-state index in [0.29, 0.717) is 5.92 Å². The molecule has 0 unspecified atom stereocenters. The molecule has 1 N–H and O–H groups in total. The number of aromatic nitrogens is 2. The normalized spacial score (nSPS) is 23.6. The van der Waals surface area contributed by atoms with Crippen molar-refractivity contribution >= 4 is 0 Å². The summed E-state index contributed by atoms with van der Waals surface area (Å²) in [6.07, 6.45) is 6.20. The molecule has 19 heavy (non-hydrogen) atoms. The fourth-order valence-electron chi connectivity index (χ4n) is 3.08. The second-order valence-corrected chi connectivity index (χ2v) is 6.04. The van der Waals surface area contributed by atoms with Crippen LogP contribution in [-0.4, -0.2) is 23.6 Å². The van der Waals surface area contributed by atoms with Crippen LogP contribution in [0.4, 0.5) is 0 Å². The maximum Gasteiger partial charge on any atom is 0.131 e. The van der Waals surface area contributed by atoms with Crippen LogP contribution in [-0.2, 0) is 6.42 Å². The molecular formula is C16H27N3. The zero-order chi connectivity index (χ0) is 13.8. The molecule has 1 aromatic rings. The lowest BCUT2D eigenvalue weighted by Crippen LogP contribution is -2.17. The molecule has 2 rings (SSSR count). The van der Waals surface area contributed by atoms with Crippen LogP contribution in [0.2, 0.25) is 0 Å². The Balaban J connectivity index is 2.15. The van der Waals surface area contributed by atoms with E-state index in [4.69, 9.17) is 9.97 Å². The van der Waals surface area contributed by atoms with Gasteiger partial charge in [-0.05, 0) is 58.2 Å². The number of rotatable bonds is 4. The van der Waals surface area contributed by atoms with Gasteiger partial charge in [0.1, 0.15) is 5.82 Å². The van der Waals surface area contributed by atoms with Crippen molar-refractivity contribution in [2.45, 2.75) is 58.8 Å². The summed E-state index contributed by atoms with van der Waals surface area (Å²) in [5.41, 5.74) is 3.68. The topological polar surface area (TPSA) is 37.8 Å². The van der Waals surface area contributed by atoms with Gasteiger partial charge in [-0.1, -0.05) is 19.8 Å². The van der Waals surface area contributed by atoms with Crippen LogP contribution in [0.1, 0.15) is 61.3 Å². The average Bonchev–Trinajstić information content (AvgIpc) is 2.38. The highest BCUT2D eigenvalue weighted by Gasteiger charge is 2.22. The molecule has 0 saturated heterocycles. The molecule has 3 heteroatoms. The quantitative estimate of drug-likeness (QED) is 0.904. The minimum absolute atomic E-state index is 0.590. The maximum atomic E-state index is 4.80. The lowest BCUT2D eigenvalue weighted by molar-refractivity contribution is 0.339. The smallest absolute Gasteiger partial charge is 0.131 e. The standard InChI is InChI=1S/C16H27N3/c1-11-5-7-14(8-6-11)16-18-12(2)15(9-10-17-4)13(3)19-16/h11,14,17H,5-10H2,1-4H3. The van der Waals surface area contributed by atoms with Gasteiger partial charge in [0.25, 0.3) is 0 Å². The zero-order valence-corrected chi connectivity index (χ0v) is 12.8. The highest BCUT2D eigenvalue weighted by molar-refractivity contribution is 5.25. The van der Waals surface area contributed by atoms with Gasteiger partial charge in [-0.15, -0.1) is 0 Å². The molecule has 1 aliphatic carbocycles. The van der Waals surface area contributed by atoms with Crippen LogP contribution < -0.4 is 5.32 Å². The molecule has 1 aromatic heterocycles. The molecule has 1 heterocycles. The fraction of sp³-hybridized carbons (Fsp3) is 0.750. The summed E-state index contributed by atoms with van der Waals surface area (Å²) in [4.78, 5) is 9.59.